The van der Waals surface area contributed by atoms with Crippen molar-refractivity contribution in [3.05, 3.63) is 119 Å². The van der Waals surface area contributed by atoms with E-state index in [0.717, 1.165) is 16.7 Å². The maximum Gasteiger partial charge on any atom is 0.158 e. The molecule has 3 aromatic rings. The second-order valence-corrected chi connectivity index (χ2v) is 6.99. The average molecular weight is 376 g/mol. The zero-order valence-electron chi connectivity index (χ0n) is 15.6. The number of hydrogen-bond acceptors (Lipinski definition) is 2. The Morgan fingerprint density at radius 1 is 0.793 bits per heavy atom. The molecular formula is C26H17FN2. The maximum absolute atomic E-state index is 14.2. The molecule has 0 bridgehead atoms. The predicted octanol–water partition coefficient (Wildman–Crippen LogP) is 6.22. The number of benzene rings is 3. The van der Waals surface area contributed by atoms with Crippen molar-refractivity contribution in [3.8, 4) is 12.1 Å². The van der Waals surface area contributed by atoms with E-state index < -0.39 is 5.82 Å². The number of nitrogens with zero attached hydrogens (tertiary/aromatic N) is 2. The zero-order valence-corrected chi connectivity index (χ0v) is 15.6. The molecule has 0 radical (unpaired) electrons. The van der Waals surface area contributed by atoms with Gasteiger partial charge in [0, 0.05) is 5.92 Å². The van der Waals surface area contributed by atoms with E-state index in [1.54, 1.807) is 0 Å². The van der Waals surface area contributed by atoms with Crippen molar-refractivity contribution in [1.82, 2.24) is 0 Å². The quantitative estimate of drug-likeness (QED) is 0.544. The molecule has 0 N–H and O–H groups in total. The third-order valence-corrected chi connectivity index (χ3v) is 5.17. The van der Waals surface area contributed by atoms with Crippen LogP contribution in [0.15, 0.2) is 84.9 Å². The molecule has 1 aliphatic carbocycles. The van der Waals surface area contributed by atoms with Gasteiger partial charge >= 0.3 is 0 Å². The summed E-state index contributed by atoms with van der Waals surface area (Å²) in [5.41, 5.74) is 4.83. The number of rotatable bonds is 3. The second-order valence-electron chi connectivity index (χ2n) is 6.99. The van der Waals surface area contributed by atoms with Gasteiger partial charge in [-0.05, 0) is 46.4 Å². The fourth-order valence-corrected chi connectivity index (χ4v) is 3.71. The smallest absolute Gasteiger partial charge is 0.158 e. The van der Waals surface area contributed by atoms with Gasteiger partial charge < -0.3 is 0 Å². The first kappa shape index (κ1) is 18.4. The largest absolute Gasteiger partial charge is 0.204 e. The van der Waals surface area contributed by atoms with E-state index in [9.17, 15) is 14.9 Å². The Hall–Kier alpha value is -3.95. The molecule has 0 saturated heterocycles. The lowest BCUT2D eigenvalue weighted by atomic mass is 9.81. The summed E-state index contributed by atoms with van der Waals surface area (Å²) in [5.74, 6) is -0.610. The topological polar surface area (TPSA) is 47.6 Å². The number of nitriles is 2. The molecule has 0 heterocycles. The number of halogens is 1. The van der Waals surface area contributed by atoms with Crippen LogP contribution in [0.25, 0.3) is 11.1 Å². The van der Waals surface area contributed by atoms with E-state index in [2.05, 4.69) is 36.4 Å². The van der Waals surface area contributed by atoms with Gasteiger partial charge in [0.25, 0.3) is 0 Å². The first-order valence-electron chi connectivity index (χ1n) is 9.36. The first-order chi connectivity index (χ1) is 14.2. The molecule has 2 nitrogen and oxygen atoms in total. The maximum atomic E-state index is 14.2. The summed E-state index contributed by atoms with van der Waals surface area (Å²) in [4.78, 5) is 0. The van der Waals surface area contributed by atoms with Crippen LogP contribution < -0.4 is 0 Å². The monoisotopic (exact) mass is 376 g/mol. The zero-order chi connectivity index (χ0) is 20.2. The van der Waals surface area contributed by atoms with Crippen molar-refractivity contribution < 1.29 is 4.39 Å². The summed E-state index contributed by atoms with van der Waals surface area (Å²) >= 11 is 0. The van der Waals surface area contributed by atoms with Gasteiger partial charge in [-0.15, -0.1) is 0 Å². The summed E-state index contributed by atoms with van der Waals surface area (Å²) in [6.45, 7) is 0. The normalized spacial score (nSPS) is 15.6. The Balaban J connectivity index is 1.85. The van der Waals surface area contributed by atoms with Crippen molar-refractivity contribution >= 4 is 11.1 Å². The second kappa shape index (κ2) is 7.97. The number of allylic oxidation sites excluding steroid dienone is 4. The van der Waals surface area contributed by atoms with Gasteiger partial charge in [0.2, 0.25) is 0 Å². The summed E-state index contributed by atoms with van der Waals surface area (Å²) in [6.07, 6.45) is 5.03. The third-order valence-electron chi connectivity index (χ3n) is 5.17. The SMILES string of the molecule is N#Cc1cc(C2=CC(c3ccccc3)=CC(c3ccccc3)C2)cc(C#N)c1F. The molecule has 1 atom stereocenters. The van der Waals surface area contributed by atoms with Crippen LogP contribution >= 0.6 is 0 Å². The summed E-state index contributed by atoms with van der Waals surface area (Å²) in [5, 5.41) is 18.6. The van der Waals surface area contributed by atoms with Crippen molar-refractivity contribution in [3.63, 3.8) is 0 Å². The highest BCUT2D eigenvalue weighted by molar-refractivity contribution is 5.87. The molecule has 3 heteroatoms. The predicted molar refractivity (Wildman–Crippen MR) is 112 cm³/mol. The van der Waals surface area contributed by atoms with E-state index in [-0.39, 0.29) is 17.0 Å². The van der Waals surface area contributed by atoms with Crippen LogP contribution in [0, 0.1) is 28.5 Å². The van der Waals surface area contributed by atoms with Gasteiger partial charge in [-0.1, -0.05) is 72.8 Å². The molecule has 1 aliphatic rings. The highest BCUT2D eigenvalue weighted by Gasteiger charge is 2.21. The molecule has 0 spiro atoms. The van der Waals surface area contributed by atoms with Gasteiger partial charge in [-0.3, -0.25) is 0 Å². The van der Waals surface area contributed by atoms with Crippen LogP contribution in [0.1, 0.15) is 40.2 Å². The molecule has 0 aliphatic heterocycles. The van der Waals surface area contributed by atoms with Gasteiger partial charge in [0.15, 0.2) is 5.82 Å². The van der Waals surface area contributed by atoms with Gasteiger partial charge in [-0.25, -0.2) is 4.39 Å². The Morgan fingerprint density at radius 3 is 1.97 bits per heavy atom. The van der Waals surface area contributed by atoms with Crippen molar-refractivity contribution in [1.29, 1.82) is 10.5 Å². The van der Waals surface area contributed by atoms with Crippen LogP contribution in [0.3, 0.4) is 0 Å². The molecule has 29 heavy (non-hydrogen) atoms. The minimum atomic E-state index is -0.756. The minimum absolute atomic E-state index is 0.105. The lowest BCUT2D eigenvalue weighted by Gasteiger charge is -2.23. The third kappa shape index (κ3) is 3.72. The van der Waals surface area contributed by atoms with Crippen molar-refractivity contribution in [2.75, 3.05) is 0 Å². The first-order valence-corrected chi connectivity index (χ1v) is 9.36. The summed E-state index contributed by atoms with van der Waals surface area (Å²) in [7, 11) is 0. The van der Waals surface area contributed by atoms with Crippen LogP contribution in [-0.2, 0) is 0 Å². The van der Waals surface area contributed by atoms with Crippen molar-refractivity contribution in [2.45, 2.75) is 12.3 Å². The molecule has 3 aromatic carbocycles. The molecule has 138 valence electrons. The van der Waals surface area contributed by atoms with E-state index in [1.807, 2.05) is 48.5 Å². The Kier molecular flexibility index (Phi) is 5.06. The molecule has 4 rings (SSSR count). The standard InChI is InChI=1S/C26H17FN2/c27-26-24(16-28)14-23(15-25(26)17-29)22-12-20(18-7-3-1-4-8-18)11-21(13-22)19-9-5-2-6-10-19/h1-12,14-15,21H,13H2. The number of hydrogen-bond donors (Lipinski definition) is 0. The highest BCUT2D eigenvalue weighted by atomic mass is 19.1. The van der Waals surface area contributed by atoms with E-state index in [4.69, 9.17) is 0 Å². The minimum Gasteiger partial charge on any atom is -0.204 e. The van der Waals surface area contributed by atoms with E-state index in [1.165, 1.54) is 17.7 Å². The Labute approximate surface area is 169 Å². The summed E-state index contributed by atoms with van der Waals surface area (Å²) < 4.78 is 14.2. The molecule has 0 amide bonds. The average Bonchev–Trinajstić information content (AvgIpc) is 2.80. The lowest BCUT2D eigenvalue weighted by molar-refractivity contribution is 0.620. The van der Waals surface area contributed by atoms with Gasteiger partial charge in [0.05, 0.1) is 11.1 Å². The van der Waals surface area contributed by atoms with Crippen LogP contribution in [-0.4, -0.2) is 0 Å². The van der Waals surface area contributed by atoms with Crippen LogP contribution in [0.5, 0.6) is 0 Å². The Bertz CT molecular complexity index is 1160. The van der Waals surface area contributed by atoms with Crippen LogP contribution in [0.4, 0.5) is 4.39 Å². The lowest BCUT2D eigenvalue weighted by Crippen LogP contribution is -2.05. The van der Waals surface area contributed by atoms with Crippen molar-refractivity contribution in [2.24, 2.45) is 0 Å². The molecule has 0 aromatic heterocycles. The van der Waals surface area contributed by atoms with Crippen LogP contribution in [0.2, 0.25) is 0 Å². The van der Waals surface area contributed by atoms with Gasteiger partial charge in [0.1, 0.15) is 12.1 Å². The Morgan fingerprint density at radius 2 is 1.38 bits per heavy atom. The molecule has 1 unspecified atom stereocenters. The van der Waals surface area contributed by atoms with E-state index in [0.29, 0.717) is 12.0 Å². The fraction of sp³-hybridized carbons (Fsp3) is 0.0769. The molecular weight excluding hydrogens is 359 g/mol. The highest BCUT2D eigenvalue weighted by Crippen LogP contribution is 2.39. The van der Waals surface area contributed by atoms with Gasteiger partial charge in [-0.2, -0.15) is 10.5 Å². The molecule has 0 saturated carbocycles. The van der Waals surface area contributed by atoms with E-state index >= 15 is 0 Å². The fourth-order valence-electron chi connectivity index (χ4n) is 3.71. The molecule has 0 fully saturated rings. The summed E-state index contributed by atoms with van der Waals surface area (Å²) in [6, 6.07) is 27.1.